The lowest BCUT2D eigenvalue weighted by molar-refractivity contribution is -0.187. The molecule has 1 unspecified atom stereocenters. The van der Waals surface area contributed by atoms with Crippen LogP contribution in [0, 0.1) is 0 Å². The zero-order valence-corrected chi connectivity index (χ0v) is 8.37. The van der Waals surface area contributed by atoms with Crippen LogP contribution in [-0.4, -0.2) is 24.3 Å². The van der Waals surface area contributed by atoms with E-state index < -0.39 is 6.29 Å². The Hall–Kier alpha value is -0.120. The molecule has 0 heterocycles. The molecule has 0 aromatic carbocycles. The smallest absolute Gasteiger partial charge is 0.157 e. The molecule has 3 heteroatoms. The molecular formula is C10H20O3. The van der Waals surface area contributed by atoms with Crippen molar-refractivity contribution in [3.8, 4) is 0 Å². The number of rotatable bonds is 5. The minimum absolute atomic E-state index is 0.236. The predicted octanol–water partition coefficient (Wildman–Crippen LogP) is 2.04. The standard InChI is InChI=1S/C10H20O3/c1-2-10(11)13-8-12-9-6-4-3-5-7-9/h9-11H,2-8H2,1H3. The van der Waals surface area contributed by atoms with Gasteiger partial charge in [-0.05, 0) is 19.3 Å². The van der Waals surface area contributed by atoms with E-state index in [2.05, 4.69) is 0 Å². The van der Waals surface area contributed by atoms with E-state index in [0.29, 0.717) is 12.5 Å². The van der Waals surface area contributed by atoms with Crippen LogP contribution in [0.3, 0.4) is 0 Å². The summed E-state index contributed by atoms with van der Waals surface area (Å²) in [5.74, 6) is 0. The molecule has 0 aromatic heterocycles. The molecule has 0 amide bonds. The third kappa shape index (κ3) is 4.60. The minimum atomic E-state index is -0.663. The SMILES string of the molecule is CCC(O)OCOC1CCCCC1. The zero-order valence-electron chi connectivity index (χ0n) is 8.37. The van der Waals surface area contributed by atoms with E-state index >= 15 is 0 Å². The molecular weight excluding hydrogens is 168 g/mol. The van der Waals surface area contributed by atoms with Crippen molar-refractivity contribution in [2.75, 3.05) is 6.79 Å². The van der Waals surface area contributed by atoms with Gasteiger partial charge in [0.15, 0.2) is 6.29 Å². The maximum atomic E-state index is 9.09. The van der Waals surface area contributed by atoms with Crippen LogP contribution in [0.5, 0.6) is 0 Å². The molecule has 1 saturated carbocycles. The van der Waals surface area contributed by atoms with Gasteiger partial charge in [-0.2, -0.15) is 0 Å². The molecule has 1 N–H and O–H groups in total. The first-order valence-electron chi connectivity index (χ1n) is 5.24. The molecule has 0 spiro atoms. The van der Waals surface area contributed by atoms with Crippen LogP contribution >= 0.6 is 0 Å². The Labute approximate surface area is 80.0 Å². The van der Waals surface area contributed by atoms with Gasteiger partial charge in [0, 0.05) is 0 Å². The zero-order chi connectivity index (χ0) is 9.52. The number of ether oxygens (including phenoxy) is 2. The Morgan fingerprint density at radius 2 is 2.00 bits per heavy atom. The summed E-state index contributed by atoms with van der Waals surface area (Å²) in [6.07, 6.45) is 6.47. The van der Waals surface area contributed by atoms with E-state index in [1.165, 1.54) is 19.3 Å². The van der Waals surface area contributed by atoms with Crippen molar-refractivity contribution in [3.63, 3.8) is 0 Å². The highest BCUT2D eigenvalue weighted by atomic mass is 16.7. The molecule has 1 aliphatic rings. The fourth-order valence-corrected chi connectivity index (χ4v) is 1.56. The summed E-state index contributed by atoms with van der Waals surface area (Å²) in [6, 6.07) is 0. The Morgan fingerprint density at radius 3 is 2.62 bits per heavy atom. The molecule has 0 saturated heterocycles. The second kappa shape index (κ2) is 6.35. The van der Waals surface area contributed by atoms with E-state index in [9.17, 15) is 0 Å². The normalized spacial score (nSPS) is 21.7. The molecule has 13 heavy (non-hydrogen) atoms. The van der Waals surface area contributed by atoms with Crippen LogP contribution < -0.4 is 0 Å². The second-order valence-corrected chi connectivity index (χ2v) is 3.57. The summed E-state index contributed by atoms with van der Waals surface area (Å²) in [5.41, 5.74) is 0. The van der Waals surface area contributed by atoms with E-state index in [0.717, 1.165) is 12.8 Å². The molecule has 1 fully saturated rings. The Kier molecular flexibility index (Phi) is 5.35. The third-order valence-electron chi connectivity index (χ3n) is 2.47. The molecule has 1 rings (SSSR count). The first-order chi connectivity index (χ1) is 6.33. The summed E-state index contributed by atoms with van der Waals surface area (Å²) in [4.78, 5) is 0. The van der Waals surface area contributed by atoms with Gasteiger partial charge in [0.2, 0.25) is 0 Å². The van der Waals surface area contributed by atoms with Crippen LogP contribution in [0.1, 0.15) is 45.4 Å². The molecule has 1 atom stereocenters. The number of aliphatic hydroxyl groups is 1. The topological polar surface area (TPSA) is 38.7 Å². The lowest BCUT2D eigenvalue weighted by Crippen LogP contribution is -2.21. The van der Waals surface area contributed by atoms with Gasteiger partial charge < -0.3 is 14.6 Å². The van der Waals surface area contributed by atoms with Crippen molar-refractivity contribution in [2.45, 2.75) is 57.8 Å². The number of hydrogen-bond acceptors (Lipinski definition) is 3. The largest absolute Gasteiger partial charge is 0.368 e. The molecule has 0 radical (unpaired) electrons. The minimum Gasteiger partial charge on any atom is -0.368 e. The van der Waals surface area contributed by atoms with Gasteiger partial charge in [-0.15, -0.1) is 0 Å². The number of hydrogen-bond donors (Lipinski definition) is 1. The molecule has 3 nitrogen and oxygen atoms in total. The van der Waals surface area contributed by atoms with Crippen molar-refractivity contribution in [2.24, 2.45) is 0 Å². The fraction of sp³-hybridized carbons (Fsp3) is 1.00. The Balaban J connectivity index is 1.98. The van der Waals surface area contributed by atoms with Gasteiger partial charge in [-0.3, -0.25) is 0 Å². The van der Waals surface area contributed by atoms with E-state index in [1.807, 2.05) is 6.92 Å². The maximum Gasteiger partial charge on any atom is 0.157 e. The van der Waals surface area contributed by atoms with E-state index in [-0.39, 0.29) is 6.79 Å². The summed E-state index contributed by atoms with van der Waals surface area (Å²) in [6.45, 7) is 2.12. The highest BCUT2D eigenvalue weighted by Crippen LogP contribution is 2.20. The van der Waals surface area contributed by atoms with Crippen LogP contribution in [0.4, 0.5) is 0 Å². The van der Waals surface area contributed by atoms with Crippen LogP contribution in [0.15, 0.2) is 0 Å². The van der Waals surface area contributed by atoms with Crippen LogP contribution in [-0.2, 0) is 9.47 Å². The Morgan fingerprint density at radius 1 is 1.31 bits per heavy atom. The van der Waals surface area contributed by atoms with Crippen molar-refractivity contribution in [1.29, 1.82) is 0 Å². The van der Waals surface area contributed by atoms with Gasteiger partial charge >= 0.3 is 0 Å². The first-order valence-corrected chi connectivity index (χ1v) is 5.24. The molecule has 0 aromatic rings. The van der Waals surface area contributed by atoms with Crippen molar-refractivity contribution in [1.82, 2.24) is 0 Å². The number of aliphatic hydroxyl groups excluding tert-OH is 1. The molecule has 1 aliphatic carbocycles. The lowest BCUT2D eigenvalue weighted by atomic mass is 9.98. The average Bonchev–Trinajstić information content (AvgIpc) is 2.19. The predicted molar refractivity (Wildman–Crippen MR) is 50.2 cm³/mol. The molecule has 0 bridgehead atoms. The van der Waals surface area contributed by atoms with Gasteiger partial charge in [0.05, 0.1) is 6.10 Å². The maximum absolute atomic E-state index is 9.09. The highest BCUT2D eigenvalue weighted by molar-refractivity contribution is 4.64. The average molecular weight is 188 g/mol. The molecule has 0 aliphatic heterocycles. The first kappa shape index (κ1) is 11.0. The van der Waals surface area contributed by atoms with Crippen molar-refractivity contribution < 1.29 is 14.6 Å². The summed E-state index contributed by atoms with van der Waals surface area (Å²) in [7, 11) is 0. The second-order valence-electron chi connectivity index (χ2n) is 3.57. The summed E-state index contributed by atoms with van der Waals surface area (Å²) >= 11 is 0. The monoisotopic (exact) mass is 188 g/mol. The van der Waals surface area contributed by atoms with Gasteiger partial charge in [0.25, 0.3) is 0 Å². The molecule has 78 valence electrons. The van der Waals surface area contributed by atoms with Crippen LogP contribution in [0.25, 0.3) is 0 Å². The summed E-state index contributed by atoms with van der Waals surface area (Å²) < 4.78 is 10.5. The van der Waals surface area contributed by atoms with Gasteiger partial charge in [0.1, 0.15) is 6.79 Å². The van der Waals surface area contributed by atoms with E-state index in [1.54, 1.807) is 0 Å². The van der Waals surface area contributed by atoms with E-state index in [4.69, 9.17) is 14.6 Å². The fourth-order valence-electron chi connectivity index (χ4n) is 1.56. The van der Waals surface area contributed by atoms with Gasteiger partial charge in [-0.1, -0.05) is 26.2 Å². The van der Waals surface area contributed by atoms with Crippen molar-refractivity contribution >= 4 is 0 Å². The van der Waals surface area contributed by atoms with Crippen molar-refractivity contribution in [3.05, 3.63) is 0 Å². The summed E-state index contributed by atoms with van der Waals surface area (Å²) in [5, 5.41) is 9.09. The third-order valence-corrected chi connectivity index (χ3v) is 2.47. The van der Waals surface area contributed by atoms with Crippen LogP contribution in [0.2, 0.25) is 0 Å². The lowest BCUT2D eigenvalue weighted by Gasteiger charge is -2.22. The van der Waals surface area contributed by atoms with Gasteiger partial charge in [-0.25, -0.2) is 0 Å². The Bertz CT molecular complexity index is 121. The quantitative estimate of drug-likeness (QED) is 0.671. The highest BCUT2D eigenvalue weighted by Gasteiger charge is 2.13.